The molecule has 6 aromatic carbocycles. The van der Waals surface area contributed by atoms with Crippen molar-refractivity contribution in [2.45, 2.75) is 109 Å². The normalized spacial score (nSPS) is 16.1. The fourth-order valence-corrected chi connectivity index (χ4v) is 30.6. The molecule has 0 spiro atoms. The SMILES string of the molecule is CCCCCC1=Cc2c(-c3ccc(C)cc3)ccc(-c3ccc(C)cc3)c2[CH]1[Zr]([CH3])([CH3])(=[SiH2])[CH]1C(CCCCC)=Cc2c(-c3ccc(C)cc3)ccc(-c3ccc(C)cc3)c21. The zero-order valence-electron chi connectivity index (χ0n) is 37.7. The molecule has 0 fully saturated rings. The van der Waals surface area contributed by atoms with E-state index in [2.05, 4.69) is 191 Å². The van der Waals surface area contributed by atoms with Crippen LogP contribution in [0.15, 0.2) is 132 Å². The Morgan fingerprint density at radius 3 is 0.983 bits per heavy atom. The maximum absolute atomic E-state index is 4.17. The van der Waals surface area contributed by atoms with Gasteiger partial charge in [0.05, 0.1) is 0 Å². The van der Waals surface area contributed by atoms with Gasteiger partial charge in [-0.3, -0.25) is 0 Å². The molecule has 60 heavy (non-hydrogen) atoms. The van der Waals surface area contributed by atoms with E-state index in [1.54, 1.807) is 22.3 Å². The van der Waals surface area contributed by atoms with Crippen LogP contribution in [0.3, 0.4) is 0 Å². The molecule has 0 saturated heterocycles. The molecular formula is C58H66SiZr. The van der Waals surface area contributed by atoms with Crippen LogP contribution in [0.5, 0.6) is 0 Å². The van der Waals surface area contributed by atoms with Crippen LogP contribution in [-0.2, 0) is 17.4 Å². The van der Waals surface area contributed by atoms with Crippen molar-refractivity contribution in [3.8, 4) is 44.5 Å². The second-order valence-electron chi connectivity index (χ2n) is 19.6. The predicted molar refractivity (Wildman–Crippen MR) is 264 cm³/mol. The first-order chi connectivity index (χ1) is 28.9. The minimum absolute atomic E-state index is 0.415. The van der Waals surface area contributed by atoms with E-state index < -0.39 is 17.4 Å². The average molecular weight is 882 g/mol. The van der Waals surface area contributed by atoms with Gasteiger partial charge in [0.2, 0.25) is 0 Å². The molecule has 306 valence electrons. The van der Waals surface area contributed by atoms with Crippen LogP contribution in [0.25, 0.3) is 56.7 Å². The second-order valence-corrected chi connectivity index (χ2v) is 50.1. The summed E-state index contributed by atoms with van der Waals surface area (Å²) in [4.78, 5) is 0. The number of hydrogen-bond acceptors (Lipinski definition) is 0. The Bertz CT molecular complexity index is 2460. The summed E-state index contributed by atoms with van der Waals surface area (Å²) in [5.74, 6) is 0. The van der Waals surface area contributed by atoms with Crippen molar-refractivity contribution in [2.24, 2.45) is 0 Å². The van der Waals surface area contributed by atoms with Crippen LogP contribution >= 0.6 is 0 Å². The van der Waals surface area contributed by atoms with E-state index in [0.29, 0.717) is 7.25 Å². The van der Waals surface area contributed by atoms with Crippen LogP contribution < -0.4 is 0 Å². The average Bonchev–Trinajstić information content (AvgIpc) is 3.83. The first-order valence-corrected chi connectivity index (χ1v) is 36.6. The Balaban J connectivity index is 1.43. The Labute approximate surface area is 364 Å². The predicted octanol–water partition coefficient (Wildman–Crippen LogP) is 16.7. The third-order valence-electron chi connectivity index (χ3n) is 14.0. The molecule has 0 nitrogen and oxygen atoms in total. The number of rotatable bonds is 14. The fourth-order valence-electron chi connectivity index (χ4n) is 11.0. The molecule has 0 bridgehead atoms. The number of benzene rings is 6. The summed E-state index contributed by atoms with van der Waals surface area (Å²) in [6.45, 7) is 16.1. The molecule has 2 heteroatoms. The van der Waals surface area contributed by atoms with Gasteiger partial charge in [-0.25, -0.2) is 0 Å². The van der Waals surface area contributed by atoms with Gasteiger partial charge in [-0.15, -0.1) is 0 Å². The Morgan fingerprint density at radius 1 is 0.400 bits per heavy atom. The molecule has 2 unspecified atom stereocenters. The van der Waals surface area contributed by atoms with Crippen LogP contribution in [0, 0.1) is 27.7 Å². The van der Waals surface area contributed by atoms with Crippen molar-refractivity contribution < 1.29 is 17.4 Å². The van der Waals surface area contributed by atoms with Crippen LogP contribution in [0.2, 0.25) is 9.26 Å². The molecule has 0 radical (unpaired) electrons. The number of fused-ring (bicyclic) bond motifs is 2. The molecular weight excluding hydrogens is 816 g/mol. The van der Waals surface area contributed by atoms with Gasteiger partial charge < -0.3 is 0 Å². The summed E-state index contributed by atoms with van der Waals surface area (Å²) in [5, 5.41) is 0. The van der Waals surface area contributed by atoms with E-state index in [1.165, 1.54) is 129 Å². The van der Waals surface area contributed by atoms with Gasteiger partial charge in [-0.05, 0) is 0 Å². The van der Waals surface area contributed by atoms with Crippen LogP contribution in [-0.4, -0.2) is 6.88 Å². The molecule has 0 aliphatic heterocycles. The number of allylic oxidation sites excluding steroid dienone is 2. The van der Waals surface area contributed by atoms with E-state index in [0.717, 1.165) is 0 Å². The third kappa shape index (κ3) is 8.17. The molecule has 0 heterocycles. The first-order valence-electron chi connectivity index (χ1n) is 23.0. The molecule has 0 amide bonds. The summed E-state index contributed by atoms with van der Waals surface area (Å²) in [5.41, 5.74) is 25.8. The molecule has 2 aliphatic rings. The monoisotopic (exact) mass is 880 g/mol. The fraction of sp³-hybridized carbons (Fsp3) is 0.310. The van der Waals surface area contributed by atoms with Gasteiger partial charge in [0, 0.05) is 0 Å². The summed E-state index contributed by atoms with van der Waals surface area (Å²) in [6.07, 6.45) is 15.3. The third-order valence-corrected chi connectivity index (χ3v) is 31.4. The molecule has 6 aromatic rings. The van der Waals surface area contributed by atoms with E-state index in [-0.39, 0.29) is 0 Å². The molecule has 0 N–H and O–H groups in total. The van der Waals surface area contributed by atoms with Crippen molar-refractivity contribution in [3.63, 3.8) is 0 Å². The standard InChI is InChI=1S/2C28H29.2CH3.H2Si.Zr/c2*1-4-5-6-7-22-18-27-25(23-12-8-20(2)9-13-23)16-17-26(28(27)19-22)24-14-10-21(3)11-15-24;;;;/h2*8-19H,4-7H2,1-3H3;2*1H3;1H2;. The Hall–Kier alpha value is -4.10. The zero-order chi connectivity index (χ0) is 42.2. The van der Waals surface area contributed by atoms with Gasteiger partial charge in [0.25, 0.3) is 0 Å². The summed E-state index contributed by atoms with van der Waals surface area (Å²) in [6, 6.07) is 47.3. The summed E-state index contributed by atoms with van der Waals surface area (Å²) in [7, 11) is 0. The van der Waals surface area contributed by atoms with E-state index in [1.807, 2.05) is 0 Å². The summed E-state index contributed by atoms with van der Waals surface area (Å²) < 4.78 is 6.60. The zero-order valence-corrected chi connectivity index (χ0v) is 41.6. The Morgan fingerprint density at radius 2 is 0.683 bits per heavy atom. The van der Waals surface area contributed by atoms with Gasteiger partial charge in [0.1, 0.15) is 0 Å². The van der Waals surface area contributed by atoms with E-state index in [4.69, 9.17) is 0 Å². The minimum atomic E-state index is -4.17. The van der Waals surface area contributed by atoms with Gasteiger partial charge in [0.15, 0.2) is 0 Å². The molecule has 8 rings (SSSR count). The topological polar surface area (TPSA) is 0 Å². The van der Waals surface area contributed by atoms with E-state index >= 15 is 0 Å². The van der Waals surface area contributed by atoms with Gasteiger partial charge in [-0.1, -0.05) is 0 Å². The van der Waals surface area contributed by atoms with Crippen LogP contribution in [0.1, 0.15) is 117 Å². The second kappa shape index (κ2) is 17.3. The van der Waals surface area contributed by atoms with E-state index in [9.17, 15) is 0 Å². The van der Waals surface area contributed by atoms with Gasteiger partial charge >= 0.3 is 367 Å². The number of hydrogen-bond donors (Lipinski definition) is 0. The molecule has 2 aliphatic carbocycles. The summed E-state index contributed by atoms with van der Waals surface area (Å²) >= 11 is -4.17. The molecule has 0 saturated carbocycles. The maximum atomic E-state index is 2.88. The van der Waals surface area contributed by atoms with Crippen LogP contribution in [0.4, 0.5) is 0 Å². The number of unbranched alkanes of at least 4 members (excludes halogenated alkanes) is 4. The van der Waals surface area contributed by atoms with Crippen molar-refractivity contribution in [3.05, 3.63) is 177 Å². The van der Waals surface area contributed by atoms with Crippen molar-refractivity contribution >= 4 is 19.0 Å². The van der Waals surface area contributed by atoms with Crippen molar-refractivity contribution in [2.75, 3.05) is 0 Å². The van der Waals surface area contributed by atoms with Crippen molar-refractivity contribution in [1.82, 2.24) is 0 Å². The van der Waals surface area contributed by atoms with Crippen molar-refractivity contribution in [1.29, 1.82) is 0 Å². The molecule has 0 aromatic heterocycles. The first kappa shape index (κ1) is 42.6. The quantitative estimate of drug-likeness (QED) is 0.0755. The van der Waals surface area contributed by atoms with Gasteiger partial charge in [-0.2, -0.15) is 0 Å². The Kier molecular flexibility index (Phi) is 12.3. The molecule has 2 atom stereocenters. The number of aryl methyl sites for hydroxylation is 4.